The van der Waals surface area contributed by atoms with Crippen LogP contribution in [0.2, 0.25) is 0 Å². The highest BCUT2D eigenvalue weighted by Crippen LogP contribution is 2.08. The predicted molar refractivity (Wildman–Crippen MR) is 73.8 cm³/mol. The minimum Gasteiger partial charge on any atom is -0.335 e. The minimum absolute atomic E-state index is 0.0558. The Morgan fingerprint density at radius 3 is 2.68 bits per heavy atom. The monoisotopic (exact) mass is 265 g/mol. The van der Waals surface area contributed by atoms with Crippen LogP contribution < -0.4 is 5.73 Å². The smallest absolute Gasteiger partial charge is 0.271 e. The van der Waals surface area contributed by atoms with Crippen molar-refractivity contribution in [3.05, 3.63) is 18.0 Å². The van der Waals surface area contributed by atoms with Crippen molar-refractivity contribution in [2.24, 2.45) is 5.73 Å². The van der Waals surface area contributed by atoms with Crippen LogP contribution in [0.15, 0.2) is 12.3 Å². The zero-order valence-electron chi connectivity index (χ0n) is 11.3. The molecule has 0 saturated carbocycles. The molecule has 6 heteroatoms. The highest BCUT2D eigenvalue weighted by molar-refractivity contribution is 5.92. The maximum atomic E-state index is 12.1. The van der Waals surface area contributed by atoms with Crippen molar-refractivity contribution in [3.8, 4) is 0 Å². The average molecular weight is 265 g/mol. The highest BCUT2D eigenvalue weighted by Gasteiger charge is 2.22. The first kappa shape index (κ1) is 14.0. The number of piperazine rings is 1. The molecule has 2 heterocycles. The number of hydrogen-bond donors (Lipinski definition) is 2. The number of aromatic nitrogens is 2. The van der Waals surface area contributed by atoms with E-state index < -0.39 is 0 Å². The molecule has 1 aliphatic heterocycles. The number of carbonyl (C=O) groups is 1. The Kier molecular flexibility index (Phi) is 5.35. The third-order valence-corrected chi connectivity index (χ3v) is 3.57. The highest BCUT2D eigenvalue weighted by atomic mass is 16.2. The lowest BCUT2D eigenvalue weighted by molar-refractivity contribution is 0.0629. The molecule has 3 N–H and O–H groups in total. The number of nitrogens with one attached hydrogen (secondary N) is 1. The lowest BCUT2D eigenvalue weighted by Gasteiger charge is -2.34. The summed E-state index contributed by atoms with van der Waals surface area (Å²) in [7, 11) is 0. The molecule has 1 fully saturated rings. The fourth-order valence-corrected chi connectivity index (χ4v) is 2.38. The Balaban J connectivity index is 1.69. The molecule has 0 radical (unpaired) electrons. The molecule has 0 aromatic carbocycles. The molecule has 106 valence electrons. The lowest BCUT2D eigenvalue weighted by Crippen LogP contribution is -2.48. The van der Waals surface area contributed by atoms with Gasteiger partial charge in [0.1, 0.15) is 5.69 Å². The molecule has 6 nitrogen and oxygen atoms in total. The third-order valence-electron chi connectivity index (χ3n) is 3.57. The van der Waals surface area contributed by atoms with Gasteiger partial charge in [-0.25, -0.2) is 0 Å². The summed E-state index contributed by atoms with van der Waals surface area (Å²) in [5, 5.41) is 6.54. The third kappa shape index (κ3) is 4.04. The van der Waals surface area contributed by atoms with E-state index in [1.165, 1.54) is 12.8 Å². The van der Waals surface area contributed by atoms with Crippen LogP contribution >= 0.6 is 0 Å². The topological polar surface area (TPSA) is 78.2 Å². The molecule has 1 saturated heterocycles. The van der Waals surface area contributed by atoms with Gasteiger partial charge in [-0.1, -0.05) is 6.42 Å². The van der Waals surface area contributed by atoms with Crippen molar-refractivity contribution in [1.29, 1.82) is 0 Å². The van der Waals surface area contributed by atoms with Crippen molar-refractivity contribution in [1.82, 2.24) is 20.0 Å². The summed E-state index contributed by atoms with van der Waals surface area (Å²) in [5.74, 6) is 0.0558. The number of aromatic amines is 1. The van der Waals surface area contributed by atoms with Gasteiger partial charge >= 0.3 is 0 Å². The Morgan fingerprint density at radius 2 is 2.05 bits per heavy atom. The van der Waals surface area contributed by atoms with E-state index in [0.29, 0.717) is 5.69 Å². The first-order chi connectivity index (χ1) is 9.31. The first-order valence-electron chi connectivity index (χ1n) is 7.02. The molecule has 1 aliphatic rings. The summed E-state index contributed by atoms with van der Waals surface area (Å²) < 4.78 is 0. The van der Waals surface area contributed by atoms with Gasteiger partial charge in [0.2, 0.25) is 0 Å². The van der Waals surface area contributed by atoms with Gasteiger partial charge in [-0.3, -0.25) is 14.8 Å². The summed E-state index contributed by atoms with van der Waals surface area (Å²) in [4.78, 5) is 16.4. The van der Waals surface area contributed by atoms with E-state index >= 15 is 0 Å². The maximum Gasteiger partial charge on any atom is 0.271 e. The lowest BCUT2D eigenvalue weighted by atomic mass is 10.2. The molecule has 0 atom stereocenters. The van der Waals surface area contributed by atoms with Gasteiger partial charge in [-0.05, 0) is 32.0 Å². The Labute approximate surface area is 113 Å². The number of amides is 1. The number of nitrogens with zero attached hydrogens (tertiary/aromatic N) is 3. The second-order valence-corrected chi connectivity index (χ2v) is 4.95. The van der Waals surface area contributed by atoms with Gasteiger partial charge in [0.15, 0.2) is 0 Å². The standard InChI is InChI=1S/C13H23N5O/c14-5-2-1-3-7-17-8-10-18(11-9-17)13(19)12-4-6-15-16-12/h4,6H,1-3,5,7-11,14H2,(H,15,16). The average Bonchev–Trinajstić information content (AvgIpc) is 2.98. The van der Waals surface area contributed by atoms with Crippen molar-refractivity contribution >= 4 is 5.91 Å². The van der Waals surface area contributed by atoms with Gasteiger partial charge in [0.25, 0.3) is 5.91 Å². The summed E-state index contributed by atoms with van der Waals surface area (Å²) in [6.45, 7) is 5.42. The molecular weight excluding hydrogens is 242 g/mol. The molecule has 0 spiro atoms. The molecule has 1 aromatic rings. The van der Waals surface area contributed by atoms with Gasteiger partial charge < -0.3 is 10.6 Å². The number of unbranched alkanes of at least 4 members (excludes halogenated alkanes) is 2. The fraction of sp³-hybridized carbons (Fsp3) is 0.692. The van der Waals surface area contributed by atoms with E-state index in [9.17, 15) is 4.79 Å². The number of nitrogens with two attached hydrogens (primary N) is 1. The van der Waals surface area contributed by atoms with E-state index in [1.807, 2.05) is 4.90 Å². The van der Waals surface area contributed by atoms with E-state index in [1.54, 1.807) is 12.3 Å². The number of rotatable bonds is 6. The molecule has 0 bridgehead atoms. The van der Waals surface area contributed by atoms with Crippen molar-refractivity contribution in [2.45, 2.75) is 19.3 Å². The van der Waals surface area contributed by atoms with E-state index in [2.05, 4.69) is 15.1 Å². The SMILES string of the molecule is NCCCCCN1CCN(C(=O)c2ccn[nH]2)CC1. The van der Waals surface area contributed by atoms with E-state index in [4.69, 9.17) is 5.73 Å². The summed E-state index contributed by atoms with van der Waals surface area (Å²) in [5.41, 5.74) is 6.06. The Bertz CT molecular complexity index is 370. The van der Waals surface area contributed by atoms with Crippen LogP contribution in [0.1, 0.15) is 29.8 Å². The fourth-order valence-electron chi connectivity index (χ4n) is 2.38. The zero-order chi connectivity index (χ0) is 13.5. The number of carbonyl (C=O) groups excluding carboxylic acids is 1. The molecule has 1 amide bonds. The van der Waals surface area contributed by atoms with Crippen LogP contribution in [0.25, 0.3) is 0 Å². The van der Waals surface area contributed by atoms with E-state index in [-0.39, 0.29) is 5.91 Å². The summed E-state index contributed by atoms with van der Waals surface area (Å²) >= 11 is 0. The maximum absolute atomic E-state index is 12.1. The second kappa shape index (κ2) is 7.25. The molecule has 0 unspecified atom stereocenters. The number of hydrogen-bond acceptors (Lipinski definition) is 4. The molecule has 0 aliphatic carbocycles. The predicted octanol–water partition coefficient (Wildman–Crippen LogP) is 0.296. The van der Waals surface area contributed by atoms with Crippen LogP contribution in [0.5, 0.6) is 0 Å². The minimum atomic E-state index is 0.0558. The van der Waals surface area contributed by atoms with Gasteiger partial charge in [0, 0.05) is 32.4 Å². The van der Waals surface area contributed by atoms with Gasteiger partial charge in [-0.2, -0.15) is 5.10 Å². The summed E-state index contributed by atoms with van der Waals surface area (Å²) in [6, 6.07) is 1.72. The van der Waals surface area contributed by atoms with Gasteiger partial charge in [-0.15, -0.1) is 0 Å². The quantitative estimate of drug-likeness (QED) is 0.725. The van der Waals surface area contributed by atoms with Crippen molar-refractivity contribution < 1.29 is 4.79 Å². The van der Waals surface area contributed by atoms with Crippen LogP contribution in [-0.2, 0) is 0 Å². The van der Waals surface area contributed by atoms with Crippen LogP contribution in [-0.4, -0.2) is 65.2 Å². The summed E-state index contributed by atoms with van der Waals surface area (Å²) in [6.07, 6.45) is 5.12. The largest absolute Gasteiger partial charge is 0.335 e. The van der Waals surface area contributed by atoms with Crippen LogP contribution in [0.4, 0.5) is 0 Å². The Morgan fingerprint density at radius 1 is 1.26 bits per heavy atom. The normalized spacial score (nSPS) is 16.8. The van der Waals surface area contributed by atoms with Crippen LogP contribution in [0, 0.1) is 0 Å². The van der Waals surface area contributed by atoms with Crippen LogP contribution in [0.3, 0.4) is 0 Å². The zero-order valence-corrected chi connectivity index (χ0v) is 11.3. The second-order valence-electron chi connectivity index (χ2n) is 4.95. The molecule has 2 rings (SSSR count). The van der Waals surface area contributed by atoms with Crippen molar-refractivity contribution in [3.63, 3.8) is 0 Å². The Hall–Kier alpha value is -1.40. The first-order valence-corrected chi connectivity index (χ1v) is 7.02. The molecule has 19 heavy (non-hydrogen) atoms. The molecular formula is C13H23N5O. The molecule has 1 aromatic heterocycles. The van der Waals surface area contributed by atoms with Gasteiger partial charge in [0.05, 0.1) is 0 Å². The number of H-pyrrole nitrogens is 1. The van der Waals surface area contributed by atoms with E-state index in [0.717, 1.165) is 45.7 Å². The van der Waals surface area contributed by atoms with Crippen molar-refractivity contribution in [2.75, 3.05) is 39.3 Å².